The molecule has 0 unspecified atom stereocenters. The van der Waals surface area contributed by atoms with Gasteiger partial charge in [-0.15, -0.1) is 0 Å². The Kier molecular flexibility index (Phi) is 5.77. The first-order valence-corrected chi connectivity index (χ1v) is 8.42. The minimum atomic E-state index is -0.990. The molecule has 0 aliphatic carbocycles. The first kappa shape index (κ1) is 18.5. The Morgan fingerprint density at radius 1 is 1.07 bits per heavy atom. The largest absolute Gasteiger partial charge is 0.482 e. The van der Waals surface area contributed by atoms with E-state index in [4.69, 9.17) is 21.1 Å². The van der Waals surface area contributed by atoms with Gasteiger partial charge in [-0.3, -0.25) is 25.2 Å². The number of halogens is 1. The Balaban J connectivity index is 1.44. The molecule has 0 fully saturated rings. The van der Waals surface area contributed by atoms with Crippen molar-refractivity contribution < 1.29 is 23.9 Å². The predicted molar refractivity (Wildman–Crippen MR) is 97.3 cm³/mol. The number of para-hydroxylation sites is 3. The lowest BCUT2D eigenvalue weighted by molar-refractivity contribution is -0.133. The van der Waals surface area contributed by atoms with E-state index in [1.807, 2.05) is 0 Å². The predicted octanol–water partition coefficient (Wildman–Crippen LogP) is 1.66. The molecule has 27 heavy (non-hydrogen) atoms. The fourth-order valence-electron chi connectivity index (χ4n) is 2.33. The van der Waals surface area contributed by atoms with Crippen LogP contribution in [0, 0.1) is 0 Å². The van der Waals surface area contributed by atoms with Crippen LogP contribution in [-0.4, -0.2) is 30.4 Å². The van der Waals surface area contributed by atoms with Crippen LogP contribution in [0.3, 0.4) is 0 Å². The fraction of sp³-hybridized carbons (Fsp3) is 0.167. The molecular formula is C18H16ClN3O5. The molecule has 9 heteroatoms. The van der Waals surface area contributed by atoms with Gasteiger partial charge in [-0.05, 0) is 24.3 Å². The lowest BCUT2D eigenvalue weighted by Gasteiger charge is -2.25. The number of fused-ring (bicyclic) bond motifs is 1. The maximum atomic E-state index is 12.0. The quantitative estimate of drug-likeness (QED) is 0.674. The Morgan fingerprint density at radius 3 is 2.59 bits per heavy atom. The second-order valence-electron chi connectivity index (χ2n) is 5.61. The van der Waals surface area contributed by atoms with Gasteiger partial charge in [0.2, 0.25) is 5.91 Å². The van der Waals surface area contributed by atoms with E-state index in [9.17, 15) is 14.4 Å². The molecule has 0 aromatic heterocycles. The molecule has 0 saturated carbocycles. The minimum Gasteiger partial charge on any atom is -0.482 e. The second kappa shape index (κ2) is 8.41. The SMILES string of the molecule is O=C(COc1ccccc1Cl)NNC(=O)C[C@@H]1Oc2ccccc2NC1=O. The average molecular weight is 390 g/mol. The average Bonchev–Trinajstić information content (AvgIpc) is 2.66. The Morgan fingerprint density at radius 2 is 1.78 bits per heavy atom. The standard InChI is InChI=1S/C18H16ClN3O5/c19-11-5-1-3-7-13(11)26-10-17(24)22-21-16(23)9-15-18(25)20-12-6-2-4-8-14(12)27-15/h1-8,15H,9-10H2,(H,20,25)(H,21,23)(H,22,24)/t15-/m0/s1. The summed E-state index contributed by atoms with van der Waals surface area (Å²) in [7, 11) is 0. The van der Waals surface area contributed by atoms with Gasteiger partial charge in [-0.1, -0.05) is 35.9 Å². The zero-order valence-electron chi connectivity index (χ0n) is 14.0. The molecule has 3 N–H and O–H groups in total. The van der Waals surface area contributed by atoms with Crippen molar-refractivity contribution in [2.45, 2.75) is 12.5 Å². The van der Waals surface area contributed by atoms with Gasteiger partial charge in [0.15, 0.2) is 12.7 Å². The molecular weight excluding hydrogens is 374 g/mol. The summed E-state index contributed by atoms with van der Waals surface area (Å²) in [5, 5.41) is 3.03. The molecule has 2 aromatic carbocycles. The highest BCUT2D eigenvalue weighted by Gasteiger charge is 2.29. The van der Waals surface area contributed by atoms with Gasteiger partial charge in [0.05, 0.1) is 17.1 Å². The molecule has 8 nitrogen and oxygen atoms in total. The summed E-state index contributed by atoms with van der Waals surface area (Å²) >= 11 is 5.92. The summed E-state index contributed by atoms with van der Waals surface area (Å²) in [6.07, 6.45) is -1.25. The van der Waals surface area contributed by atoms with Gasteiger partial charge < -0.3 is 14.8 Å². The molecule has 1 atom stereocenters. The van der Waals surface area contributed by atoms with E-state index >= 15 is 0 Å². The van der Waals surface area contributed by atoms with Crippen LogP contribution >= 0.6 is 11.6 Å². The number of benzene rings is 2. The number of hydrogen-bond acceptors (Lipinski definition) is 5. The van der Waals surface area contributed by atoms with Crippen molar-refractivity contribution in [1.82, 2.24) is 10.9 Å². The van der Waals surface area contributed by atoms with E-state index in [0.29, 0.717) is 22.2 Å². The third-order valence-corrected chi connectivity index (χ3v) is 3.93. The van der Waals surface area contributed by atoms with Crippen LogP contribution in [0.2, 0.25) is 5.02 Å². The van der Waals surface area contributed by atoms with Crippen LogP contribution in [0.1, 0.15) is 6.42 Å². The molecule has 2 aromatic rings. The smallest absolute Gasteiger partial charge is 0.276 e. The van der Waals surface area contributed by atoms with E-state index in [0.717, 1.165) is 0 Å². The maximum Gasteiger partial charge on any atom is 0.276 e. The van der Waals surface area contributed by atoms with Crippen molar-refractivity contribution >= 4 is 35.0 Å². The lowest BCUT2D eigenvalue weighted by Crippen LogP contribution is -2.47. The van der Waals surface area contributed by atoms with E-state index in [2.05, 4.69) is 16.2 Å². The van der Waals surface area contributed by atoms with E-state index in [1.54, 1.807) is 48.5 Å². The van der Waals surface area contributed by atoms with Crippen molar-refractivity contribution in [3.8, 4) is 11.5 Å². The minimum absolute atomic E-state index is 0.258. The van der Waals surface area contributed by atoms with Crippen LogP contribution in [0.25, 0.3) is 0 Å². The molecule has 3 amide bonds. The topological polar surface area (TPSA) is 106 Å². The molecule has 1 aliphatic heterocycles. The van der Waals surface area contributed by atoms with Gasteiger partial charge in [0.1, 0.15) is 11.5 Å². The molecule has 0 saturated heterocycles. The highest BCUT2D eigenvalue weighted by atomic mass is 35.5. The van der Waals surface area contributed by atoms with Crippen LogP contribution < -0.4 is 25.6 Å². The first-order chi connectivity index (χ1) is 13.0. The van der Waals surface area contributed by atoms with Crippen molar-refractivity contribution in [1.29, 1.82) is 0 Å². The van der Waals surface area contributed by atoms with Crippen LogP contribution in [0.15, 0.2) is 48.5 Å². The van der Waals surface area contributed by atoms with Crippen molar-refractivity contribution in [2.24, 2.45) is 0 Å². The zero-order chi connectivity index (χ0) is 19.2. The number of carbonyl (C=O) groups excluding carboxylic acids is 3. The Labute approximate surface area is 159 Å². The third-order valence-electron chi connectivity index (χ3n) is 3.61. The molecule has 1 aliphatic rings. The summed E-state index contributed by atoms with van der Waals surface area (Å²) in [6.45, 7) is -0.336. The number of anilines is 1. The number of rotatable bonds is 5. The highest BCUT2D eigenvalue weighted by Crippen LogP contribution is 2.29. The third kappa shape index (κ3) is 4.89. The maximum absolute atomic E-state index is 12.0. The van der Waals surface area contributed by atoms with Crippen LogP contribution in [0.5, 0.6) is 11.5 Å². The number of hydrogen-bond donors (Lipinski definition) is 3. The van der Waals surface area contributed by atoms with E-state index in [1.165, 1.54) is 0 Å². The van der Waals surface area contributed by atoms with Gasteiger partial charge in [0, 0.05) is 0 Å². The van der Waals surface area contributed by atoms with Crippen molar-refractivity contribution in [3.05, 3.63) is 53.6 Å². The van der Waals surface area contributed by atoms with Crippen LogP contribution in [-0.2, 0) is 14.4 Å². The van der Waals surface area contributed by atoms with Crippen molar-refractivity contribution in [3.63, 3.8) is 0 Å². The van der Waals surface area contributed by atoms with Gasteiger partial charge in [-0.25, -0.2) is 0 Å². The van der Waals surface area contributed by atoms with Gasteiger partial charge in [0.25, 0.3) is 11.8 Å². The Bertz CT molecular complexity index is 874. The van der Waals surface area contributed by atoms with Crippen LogP contribution in [0.4, 0.5) is 5.69 Å². The summed E-state index contributed by atoms with van der Waals surface area (Å²) in [4.78, 5) is 35.7. The number of nitrogens with one attached hydrogen (secondary N) is 3. The summed E-state index contributed by atoms with van der Waals surface area (Å²) < 4.78 is 10.8. The molecule has 0 spiro atoms. The number of hydrazine groups is 1. The zero-order valence-corrected chi connectivity index (χ0v) is 14.8. The van der Waals surface area contributed by atoms with Gasteiger partial charge >= 0.3 is 0 Å². The van der Waals surface area contributed by atoms with E-state index < -0.39 is 23.8 Å². The monoisotopic (exact) mass is 389 g/mol. The Hall–Kier alpha value is -3.26. The normalized spacial score (nSPS) is 15.0. The lowest BCUT2D eigenvalue weighted by atomic mass is 10.1. The highest BCUT2D eigenvalue weighted by molar-refractivity contribution is 6.32. The summed E-state index contributed by atoms with van der Waals surface area (Å²) in [5.74, 6) is -0.765. The first-order valence-electron chi connectivity index (χ1n) is 8.04. The number of ether oxygens (including phenoxy) is 2. The molecule has 1 heterocycles. The van der Waals surface area contributed by atoms with Crippen molar-refractivity contribution in [2.75, 3.05) is 11.9 Å². The molecule has 0 bridgehead atoms. The molecule has 0 radical (unpaired) electrons. The number of carbonyl (C=O) groups is 3. The molecule has 3 rings (SSSR count). The fourth-order valence-corrected chi connectivity index (χ4v) is 2.52. The molecule has 140 valence electrons. The summed E-state index contributed by atoms with van der Waals surface area (Å²) in [5.41, 5.74) is 4.96. The van der Waals surface area contributed by atoms with Gasteiger partial charge in [-0.2, -0.15) is 0 Å². The second-order valence-corrected chi connectivity index (χ2v) is 6.02. The van der Waals surface area contributed by atoms with E-state index in [-0.39, 0.29) is 13.0 Å². The summed E-state index contributed by atoms with van der Waals surface area (Å²) in [6, 6.07) is 13.6. The number of amides is 3.